The van der Waals surface area contributed by atoms with Crippen molar-refractivity contribution in [2.24, 2.45) is 0 Å². The number of amides is 1. The molecule has 0 saturated carbocycles. The van der Waals surface area contributed by atoms with Crippen LogP contribution in [0.25, 0.3) is 0 Å². The lowest BCUT2D eigenvalue weighted by molar-refractivity contribution is -0.121. The van der Waals surface area contributed by atoms with Gasteiger partial charge in [-0.1, -0.05) is 0 Å². The topological polar surface area (TPSA) is 113 Å². The molecule has 21 heavy (non-hydrogen) atoms. The molecule has 0 unspecified atom stereocenters. The van der Waals surface area contributed by atoms with Crippen LogP contribution in [0.3, 0.4) is 0 Å². The summed E-state index contributed by atoms with van der Waals surface area (Å²) in [5, 5.41) is 5.82. The molecule has 0 aromatic heterocycles. The number of benzene rings is 1. The zero-order chi connectivity index (χ0) is 16.0. The summed E-state index contributed by atoms with van der Waals surface area (Å²) in [6.45, 7) is 4.23. The molecular weight excluding hydrogens is 292 g/mol. The van der Waals surface area contributed by atoms with E-state index in [-0.39, 0.29) is 22.5 Å². The molecule has 8 heteroatoms. The van der Waals surface area contributed by atoms with E-state index in [4.69, 9.17) is 5.73 Å². The highest BCUT2D eigenvalue weighted by molar-refractivity contribution is 7.89. The second-order valence-electron chi connectivity index (χ2n) is 4.86. The Balaban J connectivity index is 2.63. The molecule has 0 atom stereocenters. The molecule has 0 aliphatic rings. The molecule has 0 heterocycles. The smallest absolute Gasteiger partial charge is 0.242 e. The van der Waals surface area contributed by atoms with Crippen molar-refractivity contribution >= 4 is 27.3 Å². The maximum absolute atomic E-state index is 11.7. The molecule has 1 amide bonds. The summed E-state index contributed by atoms with van der Waals surface area (Å²) < 4.78 is 25.6. The Morgan fingerprint density at radius 1 is 1.33 bits per heavy atom. The number of nitrogens with one attached hydrogen (secondary N) is 3. The van der Waals surface area contributed by atoms with E-state index in [0.29, 0.717) is 18.7 Å². The maximum Gasteiger partial charge on any atom is 0.242 e. The van der Waals surface area contributed by atoms with Crippen LogP contribution >= 0.6 is 0 Å². The first-order valence-corrected chi connectivity index (χ1v) is 8.11. The number of nitrogens with two attached hydrogens (primary N) is 1. The Hall–Kier alpha value is -1.80. The standard InChI is InChI=1S/C13H22N4O3S/c1-9(2)17-13(18)6-7-16-10-4-5-12(11(14)8-10)21(19,20)15-3/h4-5,8-9,15-16H,6-7,14H2,1-3H3,(H,17,18). The normalized spacial score (nSPS) is 11.4. The summed E-state index contributed by atoms with van der Waals surface area (Å²) in [7, 11) is -2.23. The molecule has 0 bridgehead atoms. The number of anilines is 2. The van der Waals surface area contributed by atoms with E-state index < -0.39 is 10.0 Å². The van der Waals surface area contributed by atoms with Crippen LogP contribution in [0.15, 0.2) is 23.1 Å². The fourth-order valence-corrected chi connectivity index (χ4v) is 2.56. The average molecular weight is 314 g/mol. The van der Waals surface area contributed by atoms with Crippen LogP contribution in [0.1, 0.15) is 20.3 Å². The van der Waals surface area contributed by atoms with E-state index in [0.717, 1.165) is 0 Å². The minimum atomic E-state index is -3.56. The van der Waals surface area contributed by atoms with Gasteiger partial charge < -0.3 is 16.4 Å². The Kier molecular flexibility index (Phi) is 5.98. The summed E-state index contributed by atoms with van der Waals surface area (Å²) in [6, 6.07) is 4.68. The molecule has 5 N–H and O–H groups in total. The second kappa shape index (κ2) is 7.28. The van der Waals surface area contributed by atoms with Gasteiger partial charge in [0.2, 0.25) is 15.9 Å². The van der Waals surface area contributed by atoms with E-state index in [9.17, 15) is 13.2 Å². The highest BCUT2D eigenvalue weighted by atomic mass is 32.2. The summed E-state index contributed by atoms with van der Waals surface area (Å²) in [6.07, 6.45) is 0.328. The molecule has 118 valence electrons. The molecule has 0 aliphatic heterocycles. The molecule has 0 fully saturated rings. The van der Waals surface area contributed by atoms with Gasteiger partial charge in [0, 0.05) is 24.7 Å². The van der Waals surface area contributed by atoms with Gasteiger partial charge in [-0.3, -0.25) is 4.79 Å². The van der Waals surface area contributed by atoms with Crippen molar-refractivity contribution in [3.63, 3.8) is 0 Å². The highest BCUT2D eigenvalue weighted by Crippen LogP contribution is 2.22. The molecule has 1 aromatic carbocycles. The third-order valence-corrected chi connectivity index (χ3v) is 4.19. The summed E-state index contributed by atoms with van der Waals surface area (Å²) in [5.41, 5.74) is 6.56. The highest BCUT2D eigenvalue weighted by Gasteiger charge is 2.15. The predicted molar refractivity (Wildman–Crippen MR) is 83.5 cm³/mol. The zero-order valence-corrected chi connectivity index (χ0v) is 13.3. The van der Waals surface area contributed by atoms with E-state index in [1.165, 1.54) is 19.2 Å². The molecule has 1 aromatic rings. The predicted octanol–water partition coefficient (Wildman–Crippen LogP) is 0.504. The third kappa shape index (κ3) is 5.24. The van der Waals surface area contributed by atoms with Crippen molar-refractivity contribution in [2.75, 3.05) is 24.6 Å². The number of hydrogen-bond donors (Lipinski definition) is 4. The Morgan fingerprint density at radius 2 is 2.00 bits per heavy atom. The van der Waals surface area contributed by atoms with Gasteiger partial charge in [0.05, 0.1) is 5.69 Å². The van der Waals surface area contributed by atoms with Gasteiger partial charge >= 0.3 is 0 Å². The lowest BCUT2D eigenvalue weighted by Crippen LogP contribution is -2.31. The number of carbonyl (C=O) groups excluding carboxylic acids is 1. The van der Waals surface area contributed by atoms with Gasteiger partial charge in [-0.25, -0.2) is 13.1 Å². The van der Waals surface area contributed by atoms with E-state index in [1.54, 1.807) is 6.07 Å². The molecule has 1 rings (SSSR count). The van der Waals surface area contributed by atoms with Gasteiger partial charge in [-0.2, -0.15) is 0 Å². The first-order valence-electron chi connectivity index (χ1n) is 6.62. The summed E-state index contributed by atoms with van der Waals surface area (Å²) in [4.78, 5) is 11.5. The zero-order valence-electron chi connectivity index (χ0n) is 12.4. The fraction of sp³-hybridized carbons (Fsp3) is 0.462. The summed E-state index contributed by atoms with van der Waals surface area (Å²) in [5.74, 6) is -0.0418. The molecule has 7 nitrogen and oxygen atoms in total. The number of carbonyl (C=O) groups is 1. The maximum atomic E-state index is 11.7. The Bertz CT molecular complexity index is 599. The number of rotatable bonds is 7. The van der Waals surface area contributed by atoms with Gasteiger partial charge in [0.15, 0.2) is 0 Å². The quantitative estimate of drug-likeness (QED) is 0.547. The fourth-order valence-electron chi connectivity index (χ4n) is 1.73. The van der Waals surface area contributed by atoms with Crippen LogP contribution in [0, 0.1) is 0 Å². The van der Waals surface area contributed by atoms with Crippen LogP contribution in [0.2, 0.25) is 0 Å². The third-order valence-electron chi connectivity index (χ3n) is 2.70. The lowest BCUT2D eigenvalue weighted by Gasteiger charge is -2.11. The van der Waals surface area contributed by atoms with Gasteiger partial charge in [-0.05, 0) is 39.1 Å². The van der Waals surface area contributed by atoms with Crippen molar-refractivity contribution < 1.29 is 13.2 Å². The van der Waals surface area contributed by atoms with E-state index >= 15 is 0 Å². The van der Waals surface area contributed by atoms with Gasteiger partial charge in [0.25, 0.3) is 0 Å². The molecular formula is C13H22N4O3S. The SMILES string of the molecule is CNS(=O)(=O)c1ccc(NCCC(=O)NC(C)C)cc1N. The van der Waals surface area contributed by atoms with E-state index in [1.807, 2.05) is 13.8 Å². The first-order chi connectivity index (χ1) is 9.76. The molecule has 0 aliphatic carbocycles. The minimum Gasteiger partial charge on any atom is -0.398 e. The first kappa shape index (κ1) is 17.3. The van der Waals surface area contributed by atoms with Crippen LogP contribution in [0.4, 0.5) is 11.4 Å². The molecule has 0 spiro atoms. The average Bonchev–Trinajstić information content (AvgIpc) is 2.37. The number of nitrogen functional groups attached to an aromatic ring is 1. The Labute approximate surface area is 125 Å². The monoisotopic (exact) mass is 314 g/mol. The van der Waals surface area contributed by atoms with E-state index in [2.05, 4.69) is 15.4 Å². The van der Waals surface area contributed by atoms with Crippen molar-refractivity contribution in [2.45, 2.75) is 31.2 Å². The minimum absolute atomic E-state index is 0.0353. The largest absolute Gasteiger partial charge is 0.398 e. The number of sulfonamides is 1. The van der Waals surface area contributed by atoms with Gasteiger partial charge in [-0.15, -0.1) is 0 Å². The van der Waals surface area contributed by atoms with Crippen molar-refractivity contribution in [1.82, 2.24) is 10.0 Å². The lowest BCUT2D eigenvalue weighted by atomic mass is 10.2. The van der Waals surface area contributed by atoms with Crippen LogP contribution in [-0.2, 0) is 14.8 Å². The van der Waals surface area contributed by atoms with Gasteiger partial charge in [0.1, 0.15) is 4.90 Å². The molecule has 0 radical (unpaired) electrons. The van der Waals surface area contributed by atoms with Crippen molar-refractivity contribution in [1.29, 1.82) is 0 Å². The van der Waals surface area contributed by atoms with Crippen molar-refractivity contribution in [3.8, 4) is 0 Å². The summed E-state index contributed by atoms with van der Waals surface area (Å²) >= 11 is 0. The van der Waals surface area contributed by atoms with Crippen LogP contribution in [0.5, 0.6) is 0 Å². The Morgan fingerprint density at radius 3 is 2.52 bits per heavy atom. The van der Waals surface area contributed by atoms with Crippen molar-refractivity contribution in [3.05, 3.63) is 18.2 Å². The van der Waals surface area contributed by atoms with Crippen LogP contribution in [-0.4, -0.2) is 34.0 Å². The number of hydrogen-bond acceptors (Lipinski definition) is 5. The molecule has 0 saturated heterocycles. The van der Waals surface area contributed by atoms with Crippen LogP contribution < -0.4 is 21.1 Å². The second-order valence-corrected chi connectivity index (χ2v) is 6.71.